The molecule has 2 aromatic carbocycles. The van der Waals surface area contributed by atoms with Crippen molar-refractivity contribution in [3.63, 3.8) is 0 Å². The summed E-state index contributed by atoms with van der Waals surface area (Å²) < 4.78 is 0. The molecular weight excluding hydrogens is 406 g/mol. The molecule has 0 bridgehead atoms. The number of hydrogen-bond acceptors (Lipinski definition) is 3. The van der Waals surface area contributed by atoms with Crippen LogP contribution in [0.1, 0.15) is 28.8 Å². The number of nitrogens with one attached hydrogen (secondary N) is 2. The van der Waals surface area contributed by atoms with E-state index in [4.69, 9.17) is 11.6 Å². The number of carbonyl (C=O) groups is 2. The molecule has 29 heavy (non-hydrogen) atoms. The first kappa shape index (κ1) is 21.5. The molecule has 7 heteroatoms. The lowest BCUT2D eigenvalue weighted by Crippen LogP contribution is -2.49. The second kappa shape index (κ2) is 11.1. The molecule has 3 rings (SSSR count). The minimum Gasteiger partial charge on any atom is -0.349 e. The fourth-order valence-corrected chi connectivity index (χ4v) is 4.14. The second-order valence-electron chi connectivity index (χ2n) is 7.01. The Hall–Kier alpha value is -2.18. The number of benzene rings is 2. The fourth-order valence-electron chi connectivity index (χ4n) is 3.20. The molecule has 2 aromatic rings. The Morgan fingerprint density at radius 2 is 1.72 bits per heavy atom. The number of carbonyl (C=O) groups excluding carboxylic acids is 2. The highest BCUT2D eigenvalue weighted by Gasteiger charge is 2.23. The van der Waals surface area contributed by atoms with Crippen LogP contribution in [0.5, 0.6) is 0 Å². The third-order valence-corrected chi connectivity index (χ3v) is 6.14. The maximum Gasteiger partial charge on any atom is 0.317 e. The quantitative estimate of drug-likeness (QED) is 0.646. The van der Waals surface area contributed by atoms with Crippen molar-refractivity contribution in [1.29, 1.82) is 0 Å². The van der Waals surface area contributed by atoms with Crippen LogP contribution in [0.2, 0.25) is 5.02 Å². The van der Waals surface area contributed by atoms with Gasteiger partial charge in [-0.1, -0.05) is 41.9 Å². The summed E-state index contributed by atoms with van der Waals surface area (Å²) in [7, 11) is 0. The van der Waals surface area contributed by atoms with Crippen LogP contribution in [-0.2, 0) is 5.75 Å². The van der Waals surface area contributed by atoms with Gasteiger partial charge in [-0.2, -0.15) is 11.8 Å². The lowest BCUT2D eigenvalue weighted by molar-refractivity contribution is 0.0918. The van der Waals surface area contributed by atoms with Gasteiger partial charge in [0.05, 0.1) is 0 Å². The van der Waals surface area contributed by atoms with E-state index in [0.29, 0.717) is 25.2 Å². The number of urea groups is 1. The Labute approximate surface area is 181 Å². The van der Waals surface area contributed by atoms with E-state index in [2.05, 4.69) is 10.6 Å². The molecule has 1 aliphatic rings. The Morgan fingerprint density at radius 1 is 1.03 bits per heavy atom. The number of hydrogen-bond donors (Lipinski definition) is 2. The van der Waals surface area contributed by atoms with Crippen LogP contribution in [0.25, 0.3) is 0 Å². The molecule has 0 saturated carbocycles. The molecular formula is C22H26ClN3O2S. The Bertz CT molecular complexity index is 793. The van der Waals surface area contributed by atoms with Gasteiger partial charge >= 0.3 is 6.03 Å². The molecule has 2 N–H and O–H groups in total. The maximum absolute atomic E-state index is 12.3. The third kappa shape index (κ3) is 6.98. The van der Waals surface area contributed by atoms with E-state index < -0.39 is 0 Å². The van der Waals surface area contributed by atoms with Crippen LogP contribution < -0.4 is 10.6 Å². The van der Waals surface area contributed by atoms with E-state index in [1.54, 1.807) is 11.8 Å². The Morgan fingerprint density at radius 3 is 2.41 bits per heavy atom. The monoisotopic (exact) mass is 431 g/mol. The van der Waals surface area contributed by atoms with Crippen molar-refractivity contribution in [3.05, 3.63) is 70.7 Å². The summed E-state index contributed by atoms with van der Waals surface area (Å²) in [5.74, 6) is 1.71. The molecule has 154 valence electrons. The molecule has 5 nitrogen and oxygen atoms in total. The fraction of sp³-hybridized carbons (Fsp3) is 0.364. The highest BCUT2D eigenvalue weighted by Crippen LogP contribution is 2.15. The molecule has 0 unspecified atom stereocenters. The van der Waals surface area contributed by atoms with Gasteiger partial charge in [-0.15, -0.1) is 0 Å². The van der Waals surface area contributed by atoms with Gasteiger partial charge in [0, 0.05) is 47.8 Å². The number of nitrogens with zero attached hydrogens (tertiary/aromatic N) is 1. The molecule has 0 aliphatic carbocycles. The highest BCUT2D eigenvalue weighted by atomic mass is 35.5. The van der Waals surface area contributed by atoms with Gasteiger partial charge in [0.25, 0.3) is 5.91 Å². The minimum absolute atomic E-state index is 0.0232. The van der Waals surface area contributed by atoms with Gasteiger partial charge in [0.1, 0.15) is 0 Å². The first-order chi connectivity index (χ1) is 14.1. The number of amides is 3. The summed E-state index contributed by atoms with van der Waals surface area (Å²) in [6.07, 6.45) is 1.55. The Kier molecular flexibility index (Phi) is 8.25. The molecule has 0 aromatic heterocycles. The zero-order chi connectivity index (χ0) is 20.5. The molecule has 0 atom stereocenters. The van der Waals surface area contributed by atoms with Crippen LogP contribution in [0.4, 0.5) is 4.79 Å². The van der Waals surface area contributed by atoms with Crippen molar-refractivity contribution in [1.82, 2.24) is 15.5 Å². The first-order valence-corrected chi connectivity index (χ1v) is 11.4. The first-order valence-electron chi connectivity index (χ1n) is 9.82. The van der Waals surface area contributed by atoms with Gasteiger partial charge in [0.15, 0.2) is 0 Å². The van der Waals surface area contributed by atoms with Gasteiger partial charge in [0.2, 0.25) is 0 Å². The average Bonchev–Trinajstić information content (AvgIpc) is 2.76. The lowest BCUT2D eigenvalue weighted by atomic mass is 10.0. The van der Waals surface area contributed by atoms with Crippen LogP contribution in [0, 0.1) is 0 Å². The van der Waals surface area contributed by atoms with Gasteiger partial charge < -0.3 is 15.5 Å². The number of rotatable bonds is 7. The van der Waals surface area contributed by atoms with Crippen molar-refractivity contribution in [2.45, 2.75) is 24.6 Å². The zero-order valence-electron chi connectivity index (χ0n) is 16.3. The standard InChI is InChI=1S/C22H26ClN3O2S/c23-19-8-6-17(7-9-19)16-29-15-12-24-22(28)26-13-10-20(11-14-26)25-21(27)18-4-2-1-3-5-18/h1-9,20H,10-16H2,(H,24,28)(H,25,27). The topological polar surface area (TPSA) is 61.4 Å². The van der Waals surface area contributed by atoms with E-state index in [0.717, 1.165) is 29.4 Å². The van der Waals surface area contributed by atoms with E-state index in [1.807, 2.05) is 59.5 Å². The SMILES string of the molecule is O=C(NC1CCN(C(=O)NCCSCc2ccc(Cl)cc2)CC1)c1ccccc1. The summed E-state index contributed by atoms with van der Waals surface area (Å²) in [4.78, 5) is 26.4. The van der Waals surface area contributed by atoms with Crippen LogP contribution in [-0.4, -0.2) is 48.3 Å². The molecule has 0 radical (unpaired) electrons. The average molecular weight is 432 g/mol. The summed E-state index contributed by atoms with van der Waals surface area (Å²) in [5, 5.41) is 6.80. The normalized spacial score (nSPS) is 14.4. The van der Waals surface area contributed by atoms with Crippen LogP contribution >= 0.6 is 23.4 Å². The zero-order valence-corrected chi connectivity index (χ0v) is 17.8. The largest absolute Gasteiger partial charge is 0.349 e. The summed E-state index contributed by atoms with van der Waals surface area (Å²) in [6, 6.07) is 17.1. The van der Waals surface area contributed by atoms with Gasteiger partial charge in [-0.25, -0.2) is 4.79 Å². The predicted octanol–water partition coefficient (Wildman–Crippen LogP) is 4.18. The maximum atomic E-state index is 12.3. The van der Waals surface area contributed by atoms with E-state index >= 15 is 0 Å². The molecule has 1 aliphatic heterocycles. The van der Waals surface area contributed by atoms with Gasteiger partial charge in [-0.05, 0) is 42.7 Å². The molecule has 1 saturated heterocycles. The summed E-state index contributed by atoms with van der Waals surface area (Å²) >= 11 is 7.67. The molecule has 3 amide bonds. The van der Waals surface area contributed by atoms with Crippen molar-refractivity contribution in [3.8, 4) is 0 Å². The van der Waals surface area contributed by atoms with Crippen LogP contribution in [0.15, 0.2) is 54.6 Å². The van der Waals surface area contributed by atoms with Crippen molar-refractivity contribution in [2.24, 2.45) is 0 Å². The predicted molar refractivity (Wildman–Crippen MR) is 120 cm³/mol. The lowest BCUT2D eigenvalue weighted by Gasteiger charge is -2.32. The number of halogens is 1. The van der Waals surface area contributed by atoms with Crippen molar-refractivity contribution < 1.29 is 9.59 Å². The summed E-state index contributed by atoms with van der Waals surface area (Å²) in [6.45, 7) is 1.95. The van der Waals surface area contributed by atoms with E-state index in [-0.39, 0.29) is 18.0 Å². The van der Waals surface area contributed by atoms with Gasteiger partial charge in [-0.3, -0.25) is 4.79 Å². The third-order valence-electron chi connectivity index (χ3n) is 4.86. The van der Waals surface area contributed by atoms with E-state index in [1.165, 1.54) is 5.56 Å². The number of likely N-dealkylation sites (tertiary alicyclic amines) is 1. The van der Waals surface area contributed by atoms with Crippen molar-refractivity contribution >= 4 is 35.3 Å². The number of thioether (sulfide) groups is 1. The van der Waals surface area contributed by atoms with Crippen molar-refractivity contribution in [2.75, 3.05) is 25.4 Å². The number of piperidine rings is 1. The van der Waals surface area contributed by atoms with Crippen LogP contribution in [0.3, 0.4) is 0 Å². The minimum atomic E-state index is -0.0498. The molecule has 0 spiro atoms. The molecule has 1 fully saturated rings. The summed E-state index contributed by atoms with van der Waals surface area (Å²) in [5.41, 5.74) is 1.90. The second-order valence-corrected chi connectivity index (χ2v) is 8.55. The Balaban J connectivity index is 1.29. The van der Waals surface area contributed by atoms with E-state index in [9.17, 15) is 9.59 Å². The highest BCUT2D eigenvalue weighted by molar-refractivity contribution is 7.98. The molecule has 1 heterocycles. The smallest absolute Gasteiger partial charge is 0.317 e.